The first kappa shape index (κ1) is 22.0. The number of hydrogen-bond donors (Lipinski definition) is 2. The smallest absolute Gasteiger partial charge is 0.225 e. The summed E-state index contributed by atoms with van der Waals surface area (Å²) in [7, 11) is -8.48. The number of benzene rings is 1. The third-order valence-corrected chi connectivity index (χ3v) is 5.91. The van der Waals surface area contributed by atoms with Crippen LogP contribution in [0.3, 0.4) is 0 Å². The Bertz CT molecular complexity index is 892. The fourth-order valence-electron chi connectivity index (χ4n) is 3.05. The zero-order valence-corrected chi connectivity index (χ0v) is 16.2. The second kappa shape index (κ2) is 8.59. The van der Waals surface area contributed by atoms with Crippen LogP contribution in [-0.4, -0.2) is 16.8 Å². The van der Waals surface area contributed by atoms with Crippen LogP contribution < -0.4 is 10.3 Å². The van der Waals surface area contributed by atoms with E-state index in [-0.39, 0.29) is 41.0 Å². The van der Waals surface area contributed by atoms with E-state index in [1.807, 2.05) is 0 Å². The zero-order valence-electron chi connectivity index (χ0n) is 14.6. The standard InChI is InChI=1S/C18H24N2O4S2/c1-5-9-13-14(10-6-2)17(25(19,21)22)16(12-8-4)18(26(20,23)24)15(13)11-7-3/h5-8H,1-4,9-12H2,(H2,19,21,22)(H2,20,23,24). The van der Waals surface area contributed by atoms with Crippen molar-refractivity contribution in [3.63, 3.8) is 0 Å². The van der Waals surface area contributed by atoms with Crippen LogP contribution in [0.25, 0.3) is 0 Å². The first-order valence-electron chi connectivity index (χ1n) is 7.73. The normalized spacial score (nSPS) is 11.8. The van der Waals surface area contributed by atoms with Gasteiger partial charge in [-0.3, -0.25) is 0 Å². The summed E-state index contributed by atoms with van der Waals surface area (Å²) in [6.07, 6.45) is 6.61. The lowest BCUT2D eigenvalue weighted by Gasteiger charge is -2.23. The lowest BCUT2D eigenvalue weighted by molar-refractivity contribution is 0.591. The van der Waals surface area contributed by atoms with Crippen LogP contribution in [0.2, 0.25) is 0 Å². The molecule has 0 aliphatic carbocycles. The molecule has 0 aromatic heterocycles. The molecule has 1 rings (SSSR count). The van der Waals surface area contributed by atoms with E-state index in [0.29, 0.717) is 16.7 Å². The van der Waals surface area contributed by atoms with E-state index in [1.165, 1.54) is 18.2 Å². The van der Waals surface area contributed by atoms with E-state index < -0.39 is 20.0 Å². The third-order valence-electron chi connectivity index (χ3n) is 3.79. The van der Waals surface area contributed by atoms with E-state index in [2.05, 4.69) is 26.3 Å². The molecule has 0 aliphatic rings. The van der Waals surface area contributed by atoms with Crippen molar-refractivity contribution in [3.05, 3.63) is 72.9 Å². The largest absolute Gasteiger partial charge is 0.238 e. The van der Waals surface area contributed by atoms with Gasteiger partial charge in [-0.15, -0.1) is 26.3 Å². The predicted molar refractivity (Wildman–Crippen MR) is 105 cm³/mol. The second-order valence-electron chi connectivity index (χ2n) is 5.63. The molecule has 0 radical (unpaired) electrons. The molecular weight excluding hydrogens is 372 g/mol. The minimum atomic E-state index is -4.24. The summed E-state index contributed by atoms with van der Waals surface area (Å²) in [5.74, 6) is 0. The van der Waals surface area contributed by atoms with Crippen molar-refractivity contribution < 1.29 is 16.8 Å². The summed E-state index contributed by atoms with van der Waals surface area (Å²) in [6.45, 7) is 14.6. The van der Waals surface area contributed by atoms with Gasteiger partial charge in [0, 0.05) is 0 Å². The second-order valence-corrected chi connectivity index (χ2v) is 8.63. The molecule has 0 atom stereocenters. The summed E-state index contributed by atoms with van der Waals surface area (Å²) < 4.78 is 49.4. The first-order valence-corrected chi connectivity index (χ1v) is 10.8. The van der Waals surface area contributed by atoms with Crippen LogP contribution in [0.5, 0.6) is 0 Å². The Morgan fingerprint density at radius 1 is 0.577 bits per heavy atom. The molecule has 8 heteroatoms. The highest BCUT2D eigenvalue weighted by Crippen LogP contribution is 2.36. The van der Waals surface area contributed by atoms with Crippen LogP contribution in [0.1, 0.15) is 22.3 Å². The van der Waals surface area contributed by atoms with Crippen molar-refractivity contribution >= 4 is 20.0 Å². The quantitative estimate of drug-likeness (QED) is 0.587. The number of allylic oxidation sites excluding steroid dienone is 4. The molecule has 142 valence electrons. The van der Waals surface area contributed by atoms with Crippen LogP contribution >= 0.6 is 0 Å². The zero-order chi connectivity index (χ0) is 20.1. The summed E-state index contributed by atoms with van der Waals surface area (Å²) in [5.41, 5.74) is 1.30. The van der Waals surface area contributed by atoms with Crippen molar-refractivity contribution in [1.29, 1.82) is 0 Å². The maximum absolute atomic E-state index is 12.4. The molecule has 0 saturated carbocycles. The Morgan fingerprint density at radius 3 is 1.12 bits per heavy atom. The molecule has 1 aromatic carbocycles. The summed E-state index contributed by atoms with van der Waals surface area (Å²) >= 11 is 0. The summed E-state index contributed by atoms with van der Waals surface area (Å²) in [4.78, 5) is -0.489. The maximum Gasteiger partial charge on any atom is 0.238 e. The molecule has 1 aromatic rings. The van der Waals surface area contributed by atoms with Crippen molar-refractivity contribution in [2.75, 3.05) is 0 Å². The van der Waals surface area contributed by atoms with E-state index in [0.717, 1.165) is 0 Å². The molecule has 0 saturated heterocycles. The highest BCUT2D eigenvalue weighted by atomic mass is 32.2. The van der Waals surface area contributed by atoms with E-state index in [9.17, 15) is 16.8 Å². The number of primary sulfonamides is 2. The third kappa shape index (κ3) is 4.59. The number of sulfonamides is 2. The lowest BCUT2D eigenvalue weighted by Crippen LogP contribution is -2.25. The molecule has 0 unspecified atom stereocenters. The van der Waals surface area contributed by atoms with Gasteiger partial charge in [-0.25, -0.2) is 27.1 Å². The average molecular weight is 397 g/mol. The van der Waals surface area contributed by atoms with Gasteiger partial charge >= 0.3 is 0 Å². The monoisotopic (exact) mass is 396 g/mol. The van der Waals surface area contributed by atoms with Gasteiger partial charge in [0.1, 0.15) is 0 Å². The van der Waals surface area contributed by atoms with Gasteiger partial charge in [-0.1, -0.05) is 24.3 Å². The predicted octanol–water partition coefficient (Wildman–Crippen LogP) is 1.90. The minimum absolute atomic E-state index is 0.0199. The Balaban J connectivity index is 4.40. The number of rotatable bonds is 10. The molecule has 0 aliphatic heterocycles. The molecule has 4 N–H and O–H groups in total. The molecule has 26 heavy (non-hydrogen) atoms. The van der Waals surface area contributed by atoms with Crippen LogP contribution in [0.4, 0.5) is 0 Å². The van der Waals surface area contributed by atoms with Gasteiger partial charge < -0.3 is 0 Å². The Kier molecular flexibility index (Phi) is 7.28. The Labute approximate surface area is 155 Å². The molecule has 0 amide bonds. The fraction of sp³-hybridized carbons (Fsp3) is 0.222. The average Bonchev–Trinajstić information content (AvgIpc) is 2.49. The molecule has 0 heterocycles. The van der Waals surface area contributed by atoms with Crippen molar-refractivity contribution in [1.82, 2.24) is 0 Å². The van der Waals surface area contributed by atoms with E-state index in [4.69, 9.17) is 10.3 Å². The first-order chi connectivity index (χ1) is 12.0. The maximum atomic E-state index is 12.4. The van der Waals surface area contributed by atoms with Gasteiger partial charge in [-0.05, 0) is 47.9 Å². The number of hydrogen-bond acceptors (Lipinski definition) is 4. The molecular formula is C18H24N2O4S2. The van der Waals surface area contributed by atoms with Crippen molar-refractivity contribution in [3.8, 4) is 0 Å². The minimum Gasteiger partial charge on any atom is -0.225 e. The van der Waals surface area contributed by atoms with Gasteiger partial charge in [0.2, 0.25) is 20.0 Å². The van der Waals surface area contributed by atoms with Crippen molar-refractivity contribution in [2.24, 2.45) is 10.3 Å². The molecule has 0 fully saturated rings. The highest BCUT2D eigenvalue weighted by molar-refractivity contribution is 7.90. The number of nitrogens with two attached hydrogens (primary N) is 2. The fourth-order valence-corrected chi connectivity index (χ4v) is 5.27. The van der Waals surface area contributed by atoms with Crippen LogP contribution in [-0.2, 0) is 45.7 Å². The summed E-state index contributed by atoms with van der Waals surface area (Å²) in [6, 6.07) is 0. The van der Waals surface area contributed by atoms with Gasteiger partial charge in [0.25, 0.3) is 0 Å². The van der Waals surface area contributed by atoms with Crippen molar-refractivity contribution in [2.45, 2.75) is 35.5 Å². The van der Waals surface area contributed by atoms with E-state index >= 15 is 0 Å². The van der Waals surface area contributed by atoms with E-state index in [1.54, 1.807) is 6.08 Å². The molecule has 6 nitrogen and oxygen atoms in total. The Morgan fingerprint density at radius 2 is 0.846 bits per heavy atom. The van der Waals surface area contributed by atoms with Crippen LogP contribution in [0, 0.1) is 0 Å². The molecule has 0 spiro atoms. The Hall–Kier alpha value is -2.00. The van der Waals surface area contributed by atoms with Gasteiger partial charge in [0.15, 0.2) is 0 Å². The molecule has 0 bridgehead atoms. The van der Waals surface area contributed by atoms with Gasteiger partial charge in [0.05, 0.1) is 9.79 Å². The highest BCUT2D eigenvalue weighted by Gasteiger charge is 2.31. The topological polar surface area (TPSA) is 120 Å². The lowest BCUT2D eigenvalue weighted by atomic mass is 9.90. The SMILES string of the molecule is C=CCc1c(CC=C)c(S(N)(=O)=O)c(CC=C)c(S(N)(=O)=O)c1CC=C. The van der Waals surface area contributed by atoms with Crippen LogP contribution in [0.15, 0.2) is 60.4 Å². The summed E-state index contributed by atoms with van der Waals surface area (Å²) in [5, 5.41) is 10.9. The van der Waals surface area contributed by atoms with Gasteiger partial charge in [-0.2, -0.15) is 0 Å².